The zero-order valence-corrected chi connectivity index (χ0v) is 13.6. The molecule has 4 heteroatoms. The highest BCUT2D eigenvalue weighted by Crippen LogP contribution is 2.37. The smallest absolute Gasteiger partial charge is 0.138 e. The molecule has 0 radical (unpaired) electrons. The maximum absolute atomic E-state index is 6.38. The van der Waals surface area contributed by atoms with Gasteiger partial charge in [-0.15, -0.1) is 0 Å². The van der Waals surface area contributed by atoms with Crippen molar-refractivity contribution in [2.75, 3.05) is 13.7 Å². The zero-order chi connectivity index (χ0) is 14.4. The van der Waals surface area contributed by atoms with Gasteiger partial charge in [0.1, 0.15) is 5.75 Å². The van der Waals surface area contributed by atoms with E-state index in [-0.39, 0.29) is 6.04 Å². The summed E-state index contributed by atoms with van der Waals surface area (Å²) in [5, 5.41) is 4.81. The van der Waals surface area contributed by atoms with Gasteiger partial charge in [0.05, 0.1) is 12.1 Å². The summed E-state index contributed by atoms with van der Waals surface area (Å²) >= 11 is 12.6. The highest BCUT2D eigenvalue weighted by atomic mass is 35.5. The van der Waals surface area contributed by atoms with E-state index in [1.54, 1.807) is 13.2 Å². The second-order valence-corrected chi connectivity index (χ2v) is 5.62. The molecule has 0 aliphatic carbocycles. The van der Waals surface area contributed by atoms with Crippen molar-refractivity contribution in [1.29, 1.82) is 0 Å². The topological polar surface area (TPSA) is 21.3 Å². The average molecular weight is 304 g/mol. The fourth-order valence-electron chi connectivity index (χ4n) is 2.40. The summed E-state index contributed by atoms with van der Waals surface area (Å²) in [5.41, 5.74) is 1.05. The third-order valence-corrected chi connectivity index (χ3v) is 3.97. The van der Waals surface area contributed by atoms with E-state index in [9.17, 15) is 0 Å². The molecule has 0 amide bonds. The van der Waals surface area contributed by atoms with Crippen LogP contribution in [0.2, 0.25) is 10.0 Å². The van der Waals surface area contributed by atoms with Gasteiger partial charge in [0.15, 0.2) is 0 Å². The van der Waals surface area contributed by atoms with Crippen molar-refractivity contribution in [3.05, 3.63) is 27.7 Å². The average Bonchev–Trinajstić information content (AvgIpc) is 2.38. The van der Waals surface area contributed by atoms with Gasteiger partial charge in [-0.05, 0) is 30.5 Å². The molecule has 0 heterocycles. The van der Waals surface area contributed by atoms with E-state index in [0.29, 0.717) is 21.7 Å². The number of methoxy groups -OCH3 is 1. The van der Waals surface area contributed by atoms with E-state index in [4.69, 9.17) is 27.9 Å². The van der Waals surface area contributed by atoms with Crippen molar-refractivity contribution in [3.63, 3.8) is 0 Å². The summed E-state index contributed by atoms with van der Waals surface area (Å²) in [5.74, 6) is 1.13. The van der Waals surface area contributed by atoms with Gasteiger partial charge >= 0.3 is 0 Å². The third-order valence-electron chi connectivity index (χ3n) is 3.34. The summed E-state index contributed by atoms with van der Waals surface area (Å²) in [7, 11) is 1.60. The lowest BCUT2D eigenvalue weighted by Crippen LogP contribution is -2.27. The molecule has 0 fully saturated rings. The van der Waals surface area contributed by atoms with Crippen molar-refractivity contribution >= 4 is 23.2 Å². The molecule has 0 aliphatic rings. The normalized spacial score (nSPS) is 14.2. The molecular weight excluding hydrogens is 281 g/mol. The molecule has 2 nitrogen and oxygen atoms in total. The van der Waals surface area contributed by atoms with Crippen molar-refractivity contribution in [2.24, 2.45) is 5.92 Å². The minimum Gasteiger partial charge on any atom is -0.495 e. The minimum atomic E-state index is 0.223. The summed E-state index contributed by atoms with van der Waals surface area (Å²) in [4.78, 5) is 0. The Morgan fingerprint density at radius 1 is 1.21 bits per heavy atom. The van der Waals surface area contributed by atoms with Crippen molar-refractivity contribution < 1.29 is 4.74 Å². The van der Waals surface area contributed by atoms with Crippen LogP contribution in [0.3, 0.4) is 0 Å². The molecule has 108 valence electrons. The van der Waals surface area contributed by atoms with E-state index >= 15 is 0 Å². The maximum Gasteiger partial charge on any atom is 0.138 e. The Kier molecular flexibility index (Phi) is 6.98. The van der Waals surface area contributed by atoms with Crippen LogP contribution in [0.5, 0.6) is 5.75 Å². The first-order valence-corrected chi connectivity index (χ1v) is 7.57. The molecule has 0 bridgehead atoms. The number of rotatable bonds is 7. The van der Waals surface area contributed by atoms with Crippen molar-refractivity contribution in [1.82, 2.24) is 5.32 Å². The van der Waals surface area contributed by atoms with Crippen LogP contribution in [0.25, 0.3) is 0 Å². The van der Waals surface area contributed by atoms with Gasteiger partial charge in [0.25, 0.3) is 0 Å². The van der Waals surface area contributed by atoms with E-state index < -0.39 is 0 Å². The fourth-order valence-corrected chi connectivity index (χ4v) is 2.92. The Morgan fingerprint density at radius 2 is 1.89 bits per heavy atom. The third kappa shape index (κ3) is 4.27. The molecule has 1 N–H and O–H groups in total. The van der Waals surface area contributed by atoms with Gasteiger partial charge in [0.2, 0.25) is 0 Å². The number of ether oxygens (including phenoxy) is 1. The maximum atomic E-state index is 6.38. The molecule has 0 aliphatic heterocycles. The molecule has 0 aromatic heterocycles. The van der Waals surface area contributed by atoms with Gasteiger partial charge in [-0.25, -0.2) is 0 Å². The van der Waals surface area contributed by atoms with E-state index in [1.165, 1.54) is 0 Å². The Hall–Kier alpha value is -0.440. The molecule has 0 spiro atoms. The first-order chi connectivity index (χ1) is 9.04. The zero-order valence-electron chi connectivity index (χ0n) is 12.1. The molecule has 19 heavy (non-hydrogen) atoms. The largest absolute Gasteiger partial charge is 0.495 e. The van der Waals surface area contributed by atoms with Gasteiger partial charge in [-0.2, -0.15) is 0 Å². The highest BCUT2D eigenvalue weighted by molar-refractivity contribution is 6.34. The van der Waals surface area contributed by atoms with Crippen molar-refractivity contribution in [2.45, 2.75) is 39.7 Å². The van der Waals surface area contributed by atoms with E-state index in [2.05, 4.69) is 26.1 Å². The summed E-state index contributed by atoms with van der Waals surface area (Å²) in [6.07, 6.45) is 2.31. The quantitative estimate of drug-likeness (QED) is 0.757. The lowest BCUT2D eigenvalue weighted by Gasteiger charge is -2.26. The van der Waals surface area contributed by atoms with Gasteiger partial charge in [0, 0.05) is 17.1 Å². The molecule has 1 aromatic carbocycles. The number of benzene rings is 1. The van der Waals surface area contributed by atoms with Gasteiger partial charge in [-0.3, -0.25) is 0 Å². The minimum absolute atomic E-state index is 0.223. The summed E-state index contributed by atoms with van der Waals surface area (Å²) in [6.45, 7) is 7.44. The number of halogens is 2. The molecule has 2 unspecified atom stereocenters. The van der Waals surface area contributed by atoms with Crippen molar-refractivity contribution in [3.8, 4) is 5.75 Å². The van der Waals surface area contributed by atoms with Crippen LogP contribution in [-0.4, -0.2) is 13.7 Å². The van der Waals surface area contributed by atoms with E-state index in [1.807, 2.05) is 6.07 Å². The lowest BCUT2D eigenvalue weighted by molar-refractivity contribution is 0.368. The standard InChI is InChI=1S/C15H23Cl2NO/c1-5-7-10(3)15(18-6-2)11-8-13(17)14(19-4)9-12(11)16/h8-10,15,18H,5-7H2,1-4H3. The van der Waals surface area contributed by atoms with Crippen LogP contribution >= 0.6 is 23.2 Å². The summed E-state index contributed by atoms with van der Waals surface area (Å²) < 4.78 is 5.19. The fraction of sp³-hybridized carbons (Fsp3) is 0.600. The molecular formula is C15H23Cl2NO. The van der Waals surface area contributed by atoms with Crippen LogP contribution in [0.1, 0.15) is 45.2 Å². The molecule has 0 saturated heterocycles. The van der Waals surface area contributed by atoms with Gasteiger partial charge < -0.3 is 10.1 Å². The Morgan fingerprint density at radius 3 is 2.42 bits per heavy atom. The number of hydrogen-bond acceptors (Lipinski definition) is 2. The first kappa shape index (κ1) is 16.6. The second kappa shape index (κ2) is 7.98. The second-order valence-electron chi connectivity index (χ2n) is 4.81. The highest BCUT2D eigenvalue weighted by Gasteiger charge is 2.21. The predicted octanol–water partition coefficient (Wildman–Crippen LogP) is 5.09. The SMILES string of the molecule is CCCC(C)C(NCC)c1cc(Cl)c(OC)cc1Cl. The predicted molar refractivity (Wildman–Crippen MR) is 83.5 cm³/mol. The Balaban J connectivity index is 3.11. The van der Waals surface area contributed by atoms with Crippen LogP contribution in [0, 0.1) is 5.92 Å². The van der Waals surface area contributed by atoms with Crippen LogP contribution in [0.15, 0.2) is 12.1 Å². The molecule has 1 aromatic rings. The van der Waals surface area contributed by atoms with Crippen LogP contribution in [0.4, 0.5) is 0 Å². The Bertz CT molecular complexity index is 409. The van der Waals surface area contributed by atoms with Crippen LogP contribution < -0.4 is 10.1 Å². The lowest BCUT2D eigenvalue weighted by atomic mass is 9.91. The number of hydrogen-bond donors (Lipinski definition) is 1. The first-order valence-electron chi connectivity index (χ1n) is 6.81. The van der Waals surface area contributed by atoms with Crippen LogP contribution in [-0.2, 0) is 0 Å². The van der Waals surface area contributed by atoms with E-state index in [0.717, 1.165) is 24.9 Å². The Labute approximate surface area is 126 Å². The van der Waals surface area contributed by atoms with Gasteiger partial charge in [-0.1, -0.05) is 50.4 Å². The number of nitrogens with one attached hydrogen (secondary N) is 1. The molecule has 2 atom stereocenters. The monoisotopic (exact) mass is 303 g/mol. The molecule has 0 saturated carbocycles. The summed E-state index contributed by atoms with van der Waals surface area (Å²) in [6, 6.07) is 3.94. The molecule has 1 rings (SSSR count).